The predicted molar refractivity (Wildman–Crippen MR) is 104 cm³/mol. The topological polar surface area (TPSA) is 53.4 Å². The van der Waals surface area contributed by atoms with Crippen LogP contribution in [0.4, 0.5) is 22.0 Å². The van der Waals surface area contributed by atoms with Crippen molar-refractivity contribution in [3.63, 3.8) is 0 Å². The van der Waals surface area contributed by atoms with Crippen molar-refractivity contribution in [2.45, 2.75) is 12.3 Å². The smallest absolute Gasteiger partial charge is 0.434 e. The first-order valence-electron chi connectivity index (χ1n) is 8.37. The third-order valence-corrected chi connectivity index (χ3v) is 4.56. The molecule has 3 rings (SSSR count). The predicted octanol–water partition coefficient (Wildman–Crippen LogP) is 6.14. The molecule has 0 radical (unpaired) electrons. The first kappa shape index (κ1) is 23.0. The van der Waals surface area contributed by atoms with Crippen molar-refractivity contribution < 1.29 is 36.2 Å². The van der Waals surface area contributed by atoms with Gasteiger partial charge in [0.1, 0.15) is 11.3 Å². The van der Waals surface area contributed by atoms with Crippen LogP contribution in [0.15, 0.2) is 59.2 Å². The van der Waals surface area contributed by atoms with E-state index in [4.69, 9.17) is 11.6 Å². The van der Waals surface area contributed by atoms with Gasteiger partial charge in [-0.2, -0.15) is 27.1 Å². The Morgan fingerprint density at radius 3 is 2.23 bits per heavy atom. The summed E-state index contributed by atoms with van der Waals surface area (Å²) in [6, 6.07) is 10.5. The molecule has 0 aliphatic heterocycles. The van der Waals surface area contributed by atoms with Crippen molar-refractivity contribution in [1.82, 2.24) is 9.78 Å². The first-order chi connectivity index (χ1) is 14.5. The Balaban J connectivity index is 1.79. The van der Waals surface area contributed by atoms with Crippen molar-refractivity contribution in [2.75, 3.05) is 6.61 Å². The highest BCUT2D eigenvalue weighted by molar-refractivity contribution is 9.10. The number of carbonyl (C=O) groups is 1. The molecule has 0 bridgehead atoms. The van der Waals surface area contributed by atoms with E-state index < -0.39 is 36.1 Å². The van der Waals surface area contributed by atoms with Gasteiger partial charge in [0.2, 0.25) is 0 Å². The summed E-state index contributed by atoms with van der Waals surface area (Å²) in [7, 11) is 0. The maximum absolute atomic E-state index is 14.0. The molecule has 31 heavy (non-hydrogen) atoms. The van der Waals surface area contributed by atoms with Crippen LogP contribution in [0.25, 0.3) is 5.69 Å². The second-order valence-electron chi connectivity index (χ2n) is 6.06. The van der Waals surface area contributed by atoms with E-state index >= 15 is 0 Å². The largest absolute Gasteiger partial charge is 0.451 e. The van der Waals surface area contributed by atoms with E-state index in [0.717, 1.165) is 0 Å². The number of hydrogen-bond acceptors (Lipinski definition) is 4. The molecule has 0 aliphatic rings. The third kappa shape index (κ3) is 5.73. The quantitative estimate of drug-likeness (QED) is 0.287. The van der Waals surface area contributed by atoms with Crippen LogP contribution in [-0.2, 0) is 10.9 Å². The van der Waals surface area contributed by atoms with Gasteiger partial charge < -0.3 is 9.47 Å². The summed E-state index contributed by atoms with van der Waals surface area (Å²) in [5.41, 5.74) is -2.54. The van der Waals surface area contributed by atoms with E-state index in [2.05, 4.69) is 30.5 Å². The maximum atomic E-state index is 14.0. The number of alkyl halides is 5. The van der Waals surface area contributed by atoms with E-state index in [1.807, 2.05) is 0 Å². The van der Waals surface area contributed by atoms with Crippen LogP contribution in [-0.4, -0.2) is 28.5 Å². The van der Waals surface area contributed by atoms with Gasteiger partial charge in [-0.05, 0) is 48.5 Å². The number of halogens is 7. The van der Waals surface area contributed by atoms with Crippen molar-refractivity contribution >= 4 is 33.5 Å². The number of esters is 1. The van der Waals surface area contributed by atoms with Crippen LogP contribution in [0.5, 0.6) is 5.75 Å². The Labute approximate surface area is 185 Å². The molecule has 3 aromatic rings. The summed E-state index contributed by atoms with van der Waals surface area (Å²) in [6.45, 7) is -1.61. The zero-order valence-electron chi connectivity index (χ0n) is 15.2. The molecule has 0 N–H and O–H groups in total. The van der Waals surface area contributed by atoms with E-state index in [1.54, 1.807) is 0 Å². The normalized spacial score (nSPS) is 12.0. The van der Waals surface area contributed by atoms with Gasteiger partial charge in [0.15, 0.2) is 12.3 Å². The molecule has 0 spiro atoms. The monoisotopic (exact) mass is 524 g/mol. The molecule has 1 heterocycles. The van der Waals surface area contributed by atoms with Crippen LogP contribution >= 0.6 is 27.5 Å². The molecule has 164 valence electrons. The Bertz CT molecular complexity index is 1070. The number of benzene rings is 2. The van der Waals surface area contributed by atoms with Gasteiger partial charge in [0, 0.05) is 9.50 Å². The highest BCUT2D eigenvalue weighted by Gasteiger charge is 2.42. The second kappa shape index (κ2) is 8.83. The van der Waals surface area contributed by atoms with E-state index in [9.17, 15) is 26.7 Å². The molecular weight excluding hydrogens is 515 g/mol. The van der Waals surface area contributed by atoms with Crippen molar-refractivity contribution in [1.29, 1.82) is 0 Å². The van der Waals surface area contributed by atoms with Crippen LogP contribution in [0, 0.1) is 0 Å². The van der Waals surface area contributed by atoms with Gasteiger partial charge in [0.05, 0.1) is 11.9 Å². The summed E-state index contributed by atoms with van der Waals surface area (Å²) in [5.74, 6) is -1.86. The Hall–Kier alpha value is -2.66. The molecule has 1 aromatic heterocycles. The molecule has 0 aliphatic carbocycles. The number of aromatic nitrogens is 2. The SMILES string of the molecule is O=C(OCC(F)(F)Oc1ccc(Br)cc1)c1cnn(-c2ccc(Cl)cc2)c1C(F)(F)F. The minimum Gasteiger partial charge on any atom is -0.451 e. The number of ether oxygens (including phenoxy) is 2. The molecule has 0 fully saturated rings. The average molecular weight is 526 g/mol. The highest BCUT2D eigenvalue weighted by Crippen LogP contribution is 2.34. The number of hydrogen-bond donors (Lipinski definition) is 0. The fraction of sp³-hybridized carbons (Fsp3) is 0.158. The molecule has 0 amide bonds. The van der Waals surface area contributed by atoms with Gasteiger partial charge in [0.25, 0.3) is 0 Å². The first-order valence-corrected chi connectivity index (χ1v) is 9.54. The lowest BCUT2D eigenvalue weighted by Crippen LogP contribution is -2.32. The van der Waals surface area contributed by atoms with Crippen molar-refractivity contribution in [3.8, 4) is 11.4 Å². The van der Waals surface area contributed by atoms with Crippen molar-refractivity contribution in [3.05, 3.63) is 75.5 Å². The van der Waals surface area contributed by atoms with Crippen molar-refractivity contribution in [2.24, 2.45) is 0 Å². The van der Waals surface area contributed by atoms with E-state index in [1.165, 1.54) is 48.5 Å². The van der Waals surface area contributed by atoms with Crippen LogP contribution < -0.4 is 4.74 Å². The Morgan fingerprint density at radius 1 is 1.03 bits per heavy atom. The summed E-state index contributed by atoms with van der Waals surface area (Å²) in [4.78, 5) is 12.2. The van der Waals surface area contributed by atoms with E-state index in [0.29, 0.717) is 15.4 Å². The zero-order valence-corrected chi connectivity index (χ0v) is 17.5. The van der Waals surface area contributed by atoms with Gasteiger partial charge in [-0.25, -0.2) is 9.48 Å². The summed E-state index contributed by atoms with van der Waals surface area (Å²) in [5, 5.41) is 3.83. The molecule has 0 saturated heterocycles. The summed E-state index contributed by atoms with van der Waals surface area (Å²) in [6.07, 6.45) is -8.41. The summed E-state index contributed by atoms with van der Waals surface area (Å²) >= 11 is 8.85. The second-order valence-corrected chi connectivity index (χ2v) is 7.41. The molecule has 0 atom stereocenters. The maximum Gasteiger partial charge on any atom is 0.434 e. The summed E-state index contributed by atoms with van der Waals surface area (Å²) < 4.78 is 78.6. The number of nitrogens with zero attached hydrogens (tertiary/aromatic N) is 2. The molecule has 2 aromatic carbocycles. The standard InChI is InChI=1S/C19H11BrClF5N2O3/c20-11-1-7-14(8-2-11)31-18(22,23)10-30-17(29)15-9-27-28(16(15)19(24,25)26)13-5-3-12(21)4-6-13/h1-9H,10H2. The number of rotatable bonds is 6. The zero-order chi connectivity index (χ0) is 22.8. The molecule has 5 nitrogen and oxygen atoms in total. The third-order valence-electron chi connectivity index (χ3n) is 3.78. The minimum atomic E-state index is -5.03. The highest BCUT2D eigenvalue weighted by atomic mass is 79.9. The van der Waals surface area contributed by atoms with Gasteiger partial charge >= 0.3 is 18.3 Å². The van der Waals surface area contributed by atoms with Crippen LogP contribution in [0.1, 0.15) is 16.1 Å². The van der Waals surface area contributed by atoms with Gasteiger partial charge in [-0.15, -0.1) is 0 Å². The minimum absolute atomic E-state index is 0.0420. The van der Waals surface area contributed by atoms with E-state index in [-0.39, 0.29) is 16.5 Å². The lowest BCUT2D eigenvalue weighted by atomic mass is 10.2. The molecule has 0 unspecified atom stereocenters. The van der Waals surface area contributed by atoms with Crippen LogP contribution in [0.2, 0.25) is 5.02 Å². The Morgan fingerprint density at radius 2 is 1.65 bits per heavy atom. The average Bonchev–Trinajstić information content (AvgIpc) is 3.14. The van der Waals surface area contributed by atoms with Gasteiger partial charge in [-0.3, -0.25) is 0 Å². The fourth-order valence-corrected chi connectivity index (χ4v) is 2.87. The lowest BCUT2D eigenvalue weighted by Gasteiger charge is -2.18. The lowest BCUT2D eigenvalue weighted by molar-refractivity contribution is -0.201. The van der Waals surface area contributed by atoms with Gasteiger partial charge in [-0.1, -0.05) is 27.5 Å². The molecular formula is C19H11BrClF5N2O3. The Kier molecular flexibility index (Phi) is 6.56. The fourth-order valence-electron chi connectivity index (χ4n) is 2.48. The molecule has 0 saturated carbocycles. The number of carbonyl (C=O) groups excluding carboxylic acids is 1. The van der Waals surface area contributed by atoms with Crippen LogP contribution in [0.3, 0.4) is 0 Å². The molecule has 12 heteroatoms.